The molecule has 2 heteroatoms. The summed E-state index contributed by atoms with van der Waals surface area (Å²) in [5.41, 5.74) is 11.3. The lowest BCUT2D eigenvalue weighted by Gasteiger charge is -2.24. The zero-order chi connectivity index (χ0) is 9.40. The van der Waals surface area contributed by atoms with Crippen LogP contribution in [0.25, 0.3) is 0 Å². The Bertz CT molecular complexity index is 81.8. The first kappa shape index (κ1) is 11.9. The minimum Gasteiger partial charge on any atom is -0.330 e. The monoisotopic (exact) mass is 172 g/mol. The summed E-state index contributed by atoms with van der Waals surface area (Å²) in [4.78, 5) is 0. The van der Waals surface area contributed by atoms with Gasteiger partial charge in [0.1, 0.15) is 0 Å². The molecule has 0 aliphatic heterocycles. The summed E-state index contributed by atoms with van der Waals surface area (Å²) in [6, 6.07) is 0. The minimum atomic E-state index is 0.698. The van der Waals surface area contributed by atoms with Gasteiger partial charge >= 0.3 is 0 Å². The van der Waals surface area contributed by atoms with Gasteiger partial charge in [0, 0.05) is 0 Å². The van der Waals surface area contributed by atoms with E-state index in [1.807, 2.05) is 0 Å². The number of nitrogens with two attached hydrogens (primary N) is 2. The Hall–Kier alpha value is -0.0800. The van der Waals surface area contributed by atoms with Crippen LogP contribution in [0.2, 0.25) is 0 Å². The molecule has 0 spiro atoms. The maximum absolute atomic E-state index is 5.72. The Morgan fingerprint density at radius 2 is 1.67 bits per heavy atom. The molecule has 0 aromatic rings. The van der Waals surface area contributed by atoms with Crippen LogP contribution >= 0.6 is 0 Å². The Morgan fingerprint density at radius 1 is 1.00 bits per heavy atom. The summed E-state index contributed by atoms with van der Waals surface area (Å²) in [6.07, 6.45) is 4.86. The van der Waals surface area contributed by atoms with Crippen molar-refractivity contribution in [3.63, 3.8) is 0 Å². The molecule has 0 aromatic carbocycles. The van der Waals surface area contributed by atoms with Crippen LogP contribution in [0.15, 0.2) is 0 Å². The second-order valence-corrected chi connectivity index (χ2v) is 3.53. The standard InChI is InChI=1S/C10H24N2/c1-3-5-10(8-12)9(4-2)6-7-11/h9-10H,3-8,11-12H2,1-2H3. The molecule has 2 unspecified atom stereocenters. The van der Waals surface area contributed by atoms with Crippen molar-refractivity contribution in [2.45, 2.75) is 39.5 Å². The second kappa shape index (κ2) is 7.56. The molecule has 0 saturated heterocycles. The van der Waals surface area contributed by atoms with E-state index >= 15 is 0 Å². The molecule has 0 radical (unpaired) electrons. The molecule has 12 heavy (non-hydrogen) atoms. The van der Waals surface area contributed by atoms with Crippen molar-refractivity contribution in [1.29, 1.82) is 0 Å². The van der Waals surface area contributed by atoms with Gasteiger partial charge in [-0.2, -0.15) is 0 Å². The Balaban J connectivity index is 3.84. The fourth-order valence-electron chi connectivity index (χ4n) is 1.90. The van der Waals surface area contributed by atoms with Crippen molar-refractivity contribution in [1.82, 2.24) is 0 Å². The Kier molecular flexibility index (Phi) is 7.51. The van der Waals surface area contributed by atoms with Gasteiger partial charge in [0.15, 0.2) is 0 Å². The highest BCUT2D eigenvalue weighted by molar-refractivity contribution is 4.69. The average Bonchev–Trinajstić information content (AvgIpc) is 2.11. The Labute approximate surface area is 76.7 Å². The smallest absolute Gasteiger partial charge is 0.00462 e. The van der Waals surface area contributed by atoms with E-state index in [0.29, 0.717) is 5.92 Å². The van der Waals surface area contributed by atoms with E-state index in [1.54, 1.807) is 0 Å². The highest BCUT2D eigenvalue weighted by Gasteiger charge is 2.16. The van der Waals surface area contributed by atoms with Gasteiger partial charge in [0.2, 0.25) is 0 Å². The maximum Gasteiger partial charge on any atom is -0.00462 e. The highest BCUT2D eigenvalue weighted by atomic mass is 14.6. The lowest BCUT2D eigenvalue weighted by atomic mass is 9.84. The molecule has 74 valence electrons. The van der Waals surface area contributed by atoms with Crippen molar-refractivity contribution in [3.05, 3.63) is 0 Å². The maximum atomic E-state index is 5.72. The molecule has 0 amide bonds. The zero-order valence-electron chi connectivity index (χ0n) is 8.55. The van der Waals surface area contributed by atoms with E-state index in [9.17, 15) is 0 Å². The summed E-state index contributed by atoms with van der Waals surface area (Å²) in [7, 11) is 0. The molecule has 4 N–H and O–H groups in total. The number of rotatable bonds is 7. The predicted molar refractivity (Wildman–Crippen MR) is 54.9 cm³/mol. The van der Waals surface area contributed by atoms with Gasteiger partial charge in [0.05, 0.1) is 0 Å². The molecule has 2 atom stereocenters. The van der Waals surface area contributed by atoms with Crippen LogP contribution in [-0.4, -0.2) is 13.1 Å². The second-order valence-electron chi connectivity index (χ2n) is 3.53. The largest absolute Gasteiger partial charge is 0.330 e. The normalized spacial score (nSPS) is 16.0. The van der Waals surface area contributed by atoms with Crippen LogP contribution in [-0.2, 0) is 0 Å². The van der Waals surface area contributed by atoms with E-state index in [1.165, 1.54) is 19.3 Å². The van der Waals surface area contributed by atoms with E-state index in [2.05, 4.69) is 13.8 Å². The van der Waals surface area contributed by atoms with Gasteiger partial charge in [-0.05, 0) is 37.8 Å². The third-order valence-electron chi connectivity index (χ3n) is 2.69. The summed E-state index contributed by atoms with van der Waals surface area (Å²) >= 11 is 0. The van der Waals surface area contributed by atoms with Crippen molar-refractivity contribution >= 4 is 0 Å². The SMILES string of the molecule is CCCC(CN)C(CC)CCN. The van der Waals surface area contributed by atoms with Gasteiger partial charge in [-0.3, -0.25) is 0 Å². The van der Waals surface area contributed by atoms with Gasteiger partial charge in [-0.1, -0.05) is 26.7 Å². The number of hydrogen-bond donors (Lipinski definition) is 2. The molecular weight excluding hydrogens is 148 g/mol. The first-order valence-corrected chi connectivity index (χ1v) is 5.20. The molecule has 0 fully saturated rings. The predicted octanol–water partition coefficient (Wildman–Crippen LogP) is 1.74. The molecule has 0 heterocycles. The zero-order valence-corrected chi connectivity index (χ0v) is 8.55. The van der Waals surface area contributed by atoms with Crippen molar-refractivity contribution in [2.24, 2.45) is 23.3 Å². The topological polar surface area (TPSA) is 52.0 Å². The van der Waals surface area contributed by atoms with Crippen LogP contribution in [0, 0.1) is 11.8 Å². The van der Waals surface area contributed by atoms with Crippen LogP contribution < -0.4 is 11.5 Å². The van der Waals surface area contributed by atoms with E-state index < -0.39 is 0 Å². The van der Waals surface area contributed by atoms with Crippen molar-refractivity contribution in [2.75, 3.05) is 13.1 Å². The van der Waals surface area contributed by atoms with Crippen LogP contribution in [0.4, 0.5) is 0 Å². The number of hydrogen-bond acceptors (Lipinski definition) is 2. The van der Waals surface area contributed by atoms with E-state index in [4.69, 9.17) is 11.5 Å². The Morgan fingerprint density at radius 3 is 2.00 bits per heavy atom. The lowest BCUT2D eigenvalue weighted by molar-refractivity contribution is 0.294. The summed E-state index contributed by atoms with van der Waals surface area (Å²) in [5, 5.41) is 0. The summed E-state index contributed by atoms with van der Waals surface area (Å²) < 4.78 is 0. The third-order valence-corrected chi connectivity index (χ3v) is 2.69. The van der Waals surface area contributed by atoms with Crippen LogP contribution in [0.5, 0.6) is 0 Å². The third kappa shape index (κ3) is 4.07. The molecular formula is C10H24N2. The van der Waals surface area contributed by atoms with Crippen molar-refractivity contribution < 1.29 is 0 Å². The average molecular weight is 172 g/mol. The highest BCUT2D eigenvalue weighted by Crippen LogP contribution is 2.22. The molecule has 0 saturated carbocycles. The minimum absolute atomic E-state index is 0.698. The fraction of sp³-hybridized carbons (Fsp3) is 1.00. The summed E-state index contributed by atoms with van der Waals surface area (Å²) in [6.45, 7) is 6.08. The van der Waals surface area contributed by atoms with Gasteiger partial charge in [-0.15, -0.1) is 0 Å². The summed E-state index contributed by atoms with van der Waals surface area (Å²) in [5.74, 6) is 1.45. The first-order valence-electron chi connectivity index (χ1n) is 5.20. The lowest BCUT2D eigenvalue weighted by Crippen LogP contribution is -2.25. The van der Waals surface area contributed by atoms with Gasteiger partial charge in [0.25, 0.3) is 0 Å². The van der Waals surface area contributed by atoms with E-state index in [-0.39, 0.29) is 0 Å². The molecule has 2 nitrogen and oxygen atoms in total. The fourth-order valence-corrected chi connectivity index (χ4v) is 1.90. The van der Waals surface area contributed by atoms with Gasteiger partial charge in [-0.25, -0.2) is 0 Å². The van der Waals surface area contributed by atoms with Gasteiger partial charge < -0.3 is 11.5 Å². The molecule has 0 aromatic heterocycles. The quantitative estimate of drug-likeness (QED) is 0.614. The molecule has 0 aliphatic carbocycles. The molecule has 0 bridgehead atoms. The van der Waals surface area contributed by atoms with Crippen LogP contribution in [0.1, 0.15) is 39.5 Å². The first-order chi connectivity index (χ1) is 5.79. The van der Waals surface area contributed by atoms with Crippen molar-refractivity contribution in [3.8, 4) is 0 Å². The molecule has 0 rings (SSSR count). The molecule has 0 aliphatic rings. The van der Waals surface area contributed by atoms with E-state index in [0.717, 1.165) is 25.4 Å². The van der Waals surface area contributed by atoms with Crippen LogP contribution in [0.3, 0.4) is 0 Å².